The molecule has 0 saturated carbocycles. The maximum Gasteiger partial charge on any atom is 0.249 e. The highest BCUT2D eigenvalue weighted by molar-refractivity contribution is 7.64. The Kier molecular flexibility index (Phi) is 5.33. The second kappa shape index (κ2) is 7.50. The molecule has 1 fully saturated rings. The molecular weight excluding hydrogens is 357 g/mol. The lowest BCUT2D eigenvalue weighted by Gasteiger charge is -2.20. The molecule has 7 heteroatoms. The smallest absolute Gasteiger partial charge is 0.249 e. The summed E-state index contributed by atoms with van der Waals surface area (Å²) in [6, 6.07) is 9.62. The number of hydrogen-bond acceptors (Lipinski definition) is 2. The van der Waals surface area contributed by atoms with Gasteiger partial charge in [0.1, 0.15) is 6.04 Å². The quantitative estimate of drug-likeness (QED) is 0.645. The summed E-state index contributed by atoms with van der Waals surface area (Å²) in [5, 5.41) is 3.39. The van der Waals surface area contributed by atoms with E-state index < -0.39 is 31.5 Å². The van der Waals surface area contributed by atoms with Crippen LogP contribution in [-0.4, -0.2) is 38.2 Å². The number of amides is 2. The zero-order chi connectivity index (χ0) is 18.8. The number of nitrogens with zero attached hydrogens (tertiary/aromatic N) is 1. The number of rotatable bonds is 5. The number of hydrogen-bond donors (Lipinski definition) is 1. The number of anilines is 1. The molecule has 0 aliphatic carbocycles. The molecule has 2 amide bonds. The molecular formula is C19H19F2N2O2P. The molecule has 4 nitrogen and oxygen atoms in total. The Morgan fingerprint density at radius 1 is 1.12 bits per heavy atom. The summed E-state index contributed by atoms with van der Waals surface area (Å²) in [5.74, 6) is -2.45. The van der Waals surface area contributed by atoms with Gasteiger partial charge >= 0.3 is 0 Å². The van der Waals surface area contributed by atoms with Gasteiger partial charge in [0.15, 0.2) is 11.6 Å². The largest absolute Gasteiger partial charge is 0.347 e. The fourth-order valence-corrected chi connectivity index (χ4v) is 4.26. The third-order valence-electron chi connectivity index (χ3n) is 4.50. The van der Waals surface area contributed by atoms with Gasteiger partial charge in [-0.15, -0.1) is 0 Å². The van der Waals surface area contributed by atoms with Crippen LogP contribution in [0, 0.1) is 11.6 Å². The molecule has 1 atom stereocenters. The van der Waals surface area contributed by atoms with E-state index >= 15 is 0 Å². The van der Waals surface area contributed by atoms with E-state index in [-0.39, 0.29) is 17.8 Å². The van der Waals surface area contributed by atoms with E-state index in [4.69, 9.17) is 0 Å². The first-order valence-electron chi connectivity index (χ1n) is 8.21. The summed E-state index contributed by atoms with van der Waals surface area (Å²) in [5.41, 5.74) is 0.756. The highest BCUT2D eigenvalue weighted by Crippen LogP contribution is 2.35. The fraction of sp³-hybridized carbons (Fsp3) is 0.263. The minimum absolute atomic E-state index is 0.0980. The molecule has 136 valence electrons. The predicted octanol–water partition coefficient (Wildman–Crippen LogP) is 2.85. The van der Waals surface area contributed by atoms with Crippen molar-refractivity contribution >= 4 is 31.2 Å². The van der Waals surface area contributed by atoms with Crippen LogP contribution in [0.5, 0.6) is 0 Å². The zero-order valence-corrected chi connectivity index (χ0v) is 15.4. The second-order valence-corrected chi connectivity index (χ2v) is 8.56. The van der Waals surface area contributed by atoms with Crippen LogP contribution in [-0.2, 0) is 9.59 Å². The van der Waals surface area contributed by atoms with E-state index in [2.05, 4.69) is 18.6 Å². The third-order valence-corrected chi connectivity index (χ3v) is 5.86. The van der Waals surface area contributed by atoms with E-state index in [0.717, 1.165) is 5.30 Å². The van der Waals surface area contributed by atoms with Gasteiger partial charge in [0.2, 0.25) is 12.3 Å². The Morgan fingerprint density at radius 3 is 2.54 bits per heavy atom. The van der Waals surface area contributed by atoms with Crippen molar-refractivity contribution in [2.24, 2.45) is 0 Å². The Labute approximate surface area is 152 Å². The summed E-state index contributed by atoms with van der Waals surface area (Å²) in [7, 11) is -0.491. The average molecular weight is 376 g/mol. The summed E-state index contributed by atoms with van der Waals surface area (Å²) in [4.78, 5) is 24.0. The maximum absolute atomic E-state index is 14.8. The van der Waals surface area contributed by atoms with Gasteiger partial charge in [-0.2, -0.15) is 0 Å². The molecule has 0 spiro atoms. The molecule has 1 heterocycles. The van der Waals surface area contributed by atoms with Gasteiger partial charge in [-0.1, -0.05) is 32.2 Å². The summed E-state index contributed by atoms with van der Waals surface area (Å²) in [6.07, 6.45) is 0.802. The number of carbonyl (C=O) groups excluding carboxylic acids is 2. The molecule has 0 aromatic heterocycles. The number of benzene rings is 2. The monoisotopic (exact) mass is 376 g/mol. The van der Waals surface area contributed by atoms with E-state index in [1.165, 1.54) is 17.0 Å². The van der Waals surface area contributed by atoms with Gasteiger partial charge in [0.25, 0.3) is 0 Å². The molecule has 1 N–H and O–H groups in total. The molecule has 3 rings (SSSR count). The van der Waals surface area contributed by atoms with Crippen molar-refractivity contribution in [3.05, 3.63) is 48.0 Å². The van der Waals surface area contributed by atoms with Crippen molar-refractivity contribution in [2.75, 3.05) is 24.8 Å². The van der Waals surface area contributed by atoms with Crippen LogP contribution in [0.15, 0.2) is 36.4 Å². The molecule has 1 aliphatic heterocycles. The third kappa shape index (κ3) is 3.21. The minimum atomic E-state index is -1.05. The van der Waals surface area contributed by atoms with Gasteiger partial charge in [-0.3, -0.25) is 9.59 Å². The van der Waals surface area contributed by atoms with Gasteiger partial charge in [0, 0.05) is 12.1 Å². The maximum atomic E-state index is 14.8. The Hall–Kier alpha value is -2.33. The second-order valence-electron chi connectivity index (χ2n) is 6.29. The average Bonchev–Trinajstić information content (AvgIpc) is 2.98. The van der Waals surface area contributed by atoms with Crippen LogP contribution < -0.4 is 15.5 Å². The highest BCUT2D eigenvalue weighted by atomic mass is 31.1. The molecule has 0 bridgehead atoms. The summed E-state index contributed by atoms with van der Waals surface area (Å²) < 4.78 is 29.6. The first kappa shape index (κ1) is 18.5. The Bertz CT molecular complexity index is 857. The standard InChI is InChI=1S/C19H19F2N2O2P/c1-26(2)16-6-4-3-5-12(16)13-7-8-15(18(21)17(13)20)23-10-9-14(19(23)25)22-11-24/h3-8,11,14H,9-10H2,1-2H3,(H,22,24). The Balaban J connectivity index is 2.01. The van der Waals surface area contributed by atoms with Gasteiger partial charge < -0.3 is 10.2 Å². The molecule has 2 aromatic rings. The Morgan fingerprint density at radius 2 is 1.85 bits per heavy atom. The van der Waals surface area contributed by atoms with Crippen molar-refractivity contribution in [2.45, 2.75) is 12.5 Å². The number of nitrogens with one attached hydrogen (secondary N) is 1. The van der Waals surface area contributed by atoms with Gasteiger partial charge in [0.05, 0.1) is 5.69 Å². The van der Waals surface area contributed by atoms with Crippen LogP contribution >= 0.6 is 7.92 Å². The molecule has 1 unspecified atom stereocenters. The minimum Gasteiger partial charge on any atom is -0.347 e. The molecule has 1 aliphatic rings. The van der Waals surface area contributed by atoms with Crippen LogP contribution in [0.3, 0.4) is 0 Å². The predicted molar refractivity (Wildman–Crippen MR) is 100 cm³/mol. The lowest BCUT2D eigenvalue weighted by Crippen LogP contribution is -2.38. The SMILES string of the molecule is CP(C)c1ccccc1-c1ccc(N2CCC(NC=O)C2=O)c(F)c1F. The van der Waals surface area contributed by atoms with Gasteiger partial charge in [-0.25, -0.2) is 8.78 Å². The van der Waals surface area contributed by atoms with E-state index in [9.17, 15) is 18.4 Å². The van der Waals surface area contributed by atoms with Crippen molar-refractivity contribution in [3.63, 3.8) is 0 Å². The van der Waals surface area contributed by atoms with Crippen molar-refractivity contribution in [1.29, 1.82) is 0 Å². The molecule has 2 aromatic carbocycles. The molecule has 0 radical (unpaired) electrons. The van der Waals surface area contributed by atoms with Crippen LogP contribution in [0.2, 0.25) is 0 Å². The van der Waals surface area contributed by atoms with Crippen molar-refractivity contribution in [3.8, 4) is 11.1 Å². The summed E-state index contributed by atoms with van der Waals surface area (Å²) in [6.45, 7) is 4.34. The van der Waals surface area contributed by atoms with Crippen LogP contribution in [0.1, 0.15) is 6.42 Å². The highest BCUT2D eigenvalue weighted by Gasteiger charge is 2.34. The van der Waals surface area contributed by atoms with Crippen molar-refractivity contribution < 1.29 is 18.4 Å². The van der Waals surface area contributed by atoms with E-state index in [1.807, 2.05) is 12.1 Å². The molecule has 26 heavy (non-hydrogen) atoms. The number of halogens is 2. The lowest BCUT2D eigenvalue weighted by molar-refractivity contribution is -0.121. The lowest BCUT2D eigenvalue weighted by atomic mass is 10.0. The fourth-order valence-electron chi connectivity index (χ4n) is 3.20. The van der Waals surface area contributed by atoms with Crippen LogP contribution in [0.25, 0.3) is 11.1 Å². The first-order chi connectivity index (χ1) is 12.5. The zero-order valence-electron chi connectivity index (χ0n) is 14.5. The normalized spacial score (nSPS) is 17.0. The van der Waals surface area contributed by atoms with Gasteiger partial charge in [-0.05, 0) is 42.8 Å². The van der Waals surface area contributed by atoms with Crippen LogP contribution in [0.4, 0.5) is 14.5 Å². The van der Waals surface area contributed by atoms with E-state index in [1.54, 1.807) is 12.1 Å². The van der Waals surface area contributed by atoms with Crippen molar-refractivity contribution in [1.82, 2.24) is 5.32 Å². The number of carbonyl (C=O) groups is 2. The topological polar surface area (TPSA) is 49.4 Å². The summed E-state index contributed by atoms with van der Waals surface area (Å²) >= 11 is 0. The first-order valence-corrected chi connectivity index (χ1v) is 10.4. The molecule has 1 saturated heterocycles. The van der Waals surface area contributed by atoms with E-state index in [0.29, 0.717) is 18.4 Å².